The minimum absolute atomic E-state index is 0.352. The summed E-state index contributed by atoms with van der Waals surface area (Å²) in [4.78, 5) is 7.54. The normalized spacial score (nSPS) is 10.9. The molecule has 3 rings (SSSR count). The number of aryl methyl sites for hydroxylation is 1. The molecule has 4 heteroatoms. The Morgan fingerprint density at radius 2 is 2.00 bits per heavy atom. The van der Waals surface area contributed by atoms with Gasteiger partial charge in [-0.15, -0.1) is 0 Å². The van der Waals surface area contributed by atoms with Crippen LogP contribution in [0.25, 0.3) is 22.4 Å². The summed E-state index contributed by atoms with van der Waals surface area (Å²) in [5.74, 6) is 0.670. The molecule has 0 spiro atoms. The van der Waals surface area contributed by atoms with E-state index in [1.54, 1.807) is 12.1 Å². The van der Waals surface area contributed by atoms with Crippen LogP contribution in [0.5, 0.6) is 5.75 Å². The number of H-pyrrole nitrogens is 1. The summed E-state index contributed by atoms with van der Waals surface area (Å²) in [7, 11) is 1.51. The second-order valence-corrected chi connectivity index (χ2v) is 4.45. The Morgan fingerprint density at radius 3 is 2.74 bits per heavy atom. The molecule has 0 unspecified atom stereocenters. The average Bonchev–Trinajstić information content (AvgIpc) is 2.81. The van der Waals surface area contributed by atoms with Crippen LogP contribution in [0.15, 0.2) is 36.4 Å². The minimum Gasteiger partial charge on any atom is -0.497 e. The molecule has 0 aliphatic carbocycles. The van der Waals surface area contributed by atoms with Crippen molar-refractivity contribution in [2.24, 2.45) is 0 Å². The maximum Gasteiger partial charge on any atom is 0.141 e. The maximum atomic E-state index is 14.0. The lowest BCUT2D eigenvalue weighted by molar-refractivity contribution is 0.411. The van der Waals surface area contributed by atoms with E-state index in [-0.39, 0.29) is 5.82 Å². The lowest BCUT2D eigenvalue weighted by Crippen LogP contribution is -1.89. The minimum atomic E-state index is -0.352. The molecule has 2 aromatic carbocycles. The third-order valence-electron chi connectivity index (χ3n) is 3.07. The number of aromatic nitrogens is 2. The van der Waals surface area contributed by atoms with Gasteiger partial charge in [-0.25, -0.2) is 9.37 Å². The number of benzene rings is 2. The van der Waals surface area contributed by atoms with E-state index in [1.165, 1.54) is 13.2 Å². The second-order valence-electron chi connectivity index (χ2n) is 4.45. The first kappa shape index (κ1) is 11.7. The number of imidazole rings is 1. The Hall–Kier alpha value is -2.36. The van der Waals surface area contributed by atoms with Gasteiger partial charge in [0.1, 0.15) is 17.4 Å². The van der Waals surface area contributed by atoms with Crippen molar-refractivity contribution in [1.29, 1.82) is 0 Å². The highest BCUT2D eigenvalue weighted by molar-refractivity contribution is 5.80. The predicted octanol–water partition coefficient (Wildman–Crippen LogP) is 3.69. The van der Waals surface area contributed by atoms with Crippen LogP contribution < -0.4 is 4.74 Å². The number of halogens is 1. The zero-order chi connectivity index (χ0) is 13.4. The van der Waals surface area contributed by atoms with Gasteiger partial charge in [-0.2, -0.15) is 0 Å². The third kappa shape index (κ3) is 2.05. The van der Waals surface area contributed by atoms with Crippen molar-refractivity contribution in [1.82, 2.24) is 9.97 Å². The Bertz CT molecular complexity index is 749. The summed E-state index contributed by atoms with van der Waals surface area (Å²) in [6, 6.07) is 10.6. The molecule has 0 bridgehead atoms. The lowest BCUT2D eigenvalue weighted by Gasteiger charge is -2.02. The van der Waals surface area contributed by atoms with Crippen LogP contribution in [0.2, 0.25) is 0 Å². The number of nitrogens with one attached hydrogen (secondary N) is 1. The van der Waals surface area contributed by atoms with E-state index in [2.05, 4.69) is 9.97 Å². The van der Waals surface area contributed by atoms with Crippen molar-refractivity contribution in [2.45, 2.75) is 6.92 Å². The molecule has 3 nitrogen and oxygen atoms in total. The van der Waals surface area contributed by atoms with Crippen LogP contribution in [0.1, 0.15) is 5.56 Å². The molecular formula is C15H13FN2O. The second kappa shape index (κ2) is 4.39. The van der Waals surface area contributed by atoms with E-state index >= 15 is 0 Å². The highest BCUT2D eigenvalue weighted by Gasteiger charge is 2.11. The van der Waals surface area contributed by atoms with E-state index in [0.29, 0.717) is 17.1 Å². The van der Waals surface area contributed by atoms with Gasteiger partial charge in [-0.1, -0.05) is 6.07 Å². The Kier molecular flexibility index (Phi) is 2.71. The Balaban J connectivity index is 2.13. The summed E-state index contributed by atoms with van der Waals surface area (Å²) in [6.07, 6.45) is 0. The summed E-state index contributed by atoms with van der Waals surface area (Å²) in [6.45, 7) is 2.01. The molecule has 1 heterocycles. The molecule has 0 radical (unpaired) electrons. The zero-order valence-electron chi connectivity index (χ0n) is 10.7. The molecule has 3 aromatic rings. The highest BCUT2D eigenvalue weighted by atomic mass is 19.1. The monoisotopic (exact) mass is 256 g/mol. The van der Waals surface area contributed by atoms with Gasteiger partial charge in [0, 0.05) is 6.07 Å². The largest absolute Gasteiger partial charge is 0.497 e. The molecule has 1 aromatic heterocycles. The van der Waals surface area contributed by atoms with Gasteiger partial charge in [-0.05, 0) is 36.8 Å². The fourth-order valence-corrected chi connectivity index (χ4v) is 2.07. The van der Waals surface area contributed by atoms with Crippen molar-refractivity contribution in [3.8, 4) is 17.1 Å². The molecule has 0 saturated carbocycles. The maximum absolute atomic E-state index is 14.0. The summed E-state index contributed by atoms with van der Waals surface area (Å²) in [5.41, 5.74) is 3.31. The van der Waals surface area contributed by atoms with Crippen LogP contribution in [-0.4, -0.2) is 17.1 Å². The van der Waals surface area contributed by atoms with Crippen molar-refractivity contribution in [2.75, 3.05) is 7.11 Å². The number of aromatic amines is 1. The summed E-state index contributed by atoms with van der Waals surface area (Å²) in [5, 5.41) is 0. The van der Waals surface area contributed by atoms with Gasteiger partial charge < -0.3 is 9.72 Å². The molecule has 0 aliphatic rings. The molecule has 0 amide bonds. The smallest absolute Gasteiger partial charge is 0.141 e. The van der Waals surface area contributed by atoms with E-state index in [4.69, 9.17) is 4.74 Å². The molecule has 1 N–H and O–H groups in total. The molecule has 0 fully saturated rings. The summed E-state index contributed by atoms with van der Waals surface area (Å²) < 4.78 is 19.0. The first-order valence-electron chi connectivity index (χ1n) is 5.97. The van der Waals surface area contributed by atoms with E-state index in [1.807, 2.05) is 25.1 Å². The Morgan fingerprint density at radius 1 is 1.16 bits per heavy atom. The van der Waals surface area contributed by atoms with Gasteiger partial charge in [-0.3, -0.25) is 0 Å². The number of methoxy groups -OCH3 is 1. The van der Waals surface area contributed by atoms with Gasteiger partial charge in [0.15, 0.2) is 0 Å². The highest BCUT2D eigenvalue weighted by Crippen LogP contribution is 2.26. The molecule has 0 atom stereocenters. The number of hydrogen-bond acceptors (Lipinski definition) is 2. The van der Waals surface area contributed by atoms with Crippen LogP contribution in [0.3, 0.4) is 0 Å². The van der Waals surface area contributed by atoms with Crippen molar-refractivity contribution >= 4 is 11.0 Å². The van der Waals surface area contributed by atoms with E-state index in [0.717, 1.165) is 16.6 Å². The first-order valence-corrected chi connectivity index (χ1v) is 5.97. The predicted molar refractivity (Wildman–Crippen MR) is 72.8 cm³/mol. The lowest BCUT2D eigenvalue weighted by atomic mass is 10.2. The van der Waals surface area contributed by atoms with Crippen molar-refractivity contribution in [3.05, 3.63) is 47.8 Å². The van der Waals surface area contributed by atoms with Crippen LogP contribution in [0, 0.1) is 12.7 Å². The fourth-order valence-electron chi connectivity index (χ4n) is 2.07. The fraction of sp³-hybridized carbons (Fsp3) is 0.133. The average molecular weight is 256 g/mol. The van der Waals surface area contributed by atoms with Gasteiger partial charge in [0.25, 0.3) is 0 Å². The van der Waals surface area contributed by atoms with Crippen molar-refractivity contribution < 1.29 is 9.13 Å². The molecule has 0 aliphatic heterocycles. The molecule has 19 heavy (non-hydrogen) atoms. The molecular weight excluding hydrogens is 243 g/mol. The van der Waals surface area contributed by atoms with Crippen molar-refractivity contribution in [3.63, 3.8) is 0 Å². The topological polar surface area (TPSA) is 37.9 Å². The number of ether oxygens (including phenoxy) is 1. The standard InChI is InChI=1S/C15H13FN2O/c1-9-3-6-13-14(7-9)18-15(17-13)11-5-4-10(19-2)8-12(11)16/h3-8H,1-2H3,(H,17,18). The number of hydrogen-bond donors (Lipinski definition) is 1. The van der Waals surface area contributed by atoms with Gasteiger partial charge in [0.05, 0.1) is 23.7 Å². The zero-order valence-corrected chi connectivity index (χ0v) is 10.7. The van der Waals surface area contributed by atoms with Crippen LogP contribution in [0.4, 0.5) is 4.39 Å². The number of nitrogens with zero attached hydrogens (tertiary/aromatic N) is 1. The van der Waals surface area contributed by atoms with Crippen LogP contribution in [-0.2, 0) is 0 Å². The number of fused-ring (bicyclic) bond motifs is 1. The SMILES string of the molecule is COc1ccc(-c2nc3ccc(C)cc3[nH]2)c(F)c1. The van der Waals surface area contributed by atoms with E-state index in [9.17, 15) is 4.39 Å². The third-order valence-corrected chi connectivity index (χ3v) is 3.07. The van der Waals surface area contributed by atoms with Crippen LogP contribution >= 0.6 is 0 Å². The van der Waals surface area contributed by atoms with Gasteiger partial charge >= 0.3 is 0 Å². The van der Waals surface area contributed by atoms with E-state index < -0.39 is 0 Å². The Labute approximate surface area is 110 Å². The molecule has 0 saturated heterocycles. The number of rotatable bonds is 2. The summed E-state index contributed by atoms with van der Waals surface area (Å²) >= 11 is 0. The molecule has 96 valence electrons. The van der Waals surface area contributed by atoms with Gasteiger partial charge in [0.2, 0.25) is 0 Å². The first-order chi connectivity index (χ1) is 9.17. The quantitative estimate of drug-likeness (QED) is 0.759.